The molecule has 3 rings (SSSR count). The van der Waals surface area contributed by atoms with Gasteiger partial charge in [0.2, 0.25) is 0 Å². The number of allylic oxidation sites excluding steroid dienone is 2. The molecule has 0 saturated heterocycles. The third kappa shape index (κ3) is 2.45. The standard InChI is InChI=1S/C17H14OS/c1-19(18)16-10-6-13(7-11-16)12-15-9-8-14-4-2-3-5-17(14)15/h2-12H,1H3/b15-12+/t19-/m0/s1. The van der Waals surface area contributed by atoms with Gasteiger partial charge in [-0.05, 0) is 40.5 Å². The first-order valence-electron chi connectivity index (χ1n) is 6.17. The van der Waals surface area contributed by atoms with Crippen LogP contribution in [0.5, 0.6) is 0 Å². The first-order valence-corrected chi connectivity index (χ1v) is 7.72. The second-order valence-electron chi connectivity index (χ2n) is 4.54. The van der Waals surface area contributed by atoms with Gasteiger partial charge in [0.25, 0.3) is 0 Å². The van der Waals surface area contributed by atoms with Gasteiger partial charge in [0.1, 0.15) is 0 Å². The molecule has 19 heavy (non-hydrogen) atoms. The van der Waals surface area contributed by atoms with Gasteiger partial charge >= 0.3 is 0 Å². The molecule has 0 saturated carbocycles. The Morgan fingerprint density at radius 1 is 0.947 bits per heavy atom. The second kappa shape index (κ2) is 4.98. The molecule has 1 aliphatic carbocycles. The quantitative estimate of drug-likeness (QED) is 0.803. The van der Waals surface area contributed by atoms with Gasteiger partial charge in [-0.3, -0.25) is 4.21 Å². The third-order valence-electron chi connectivity index (χ3n) is 3.25. The fourth-order valence-electron chi connectivity index (χ4n) is 2.24. The van der Waals surface area contributed by atoms with Gasteiger partial charge in [-0.1, -0.05) is 48.6 Å². The summed E-state index contributed by atoms with van der Waals surface area (Å²) in [7, 11) is -0.912. The van der Waals surface area contributed by atoms with E-state index < -0.39 is 10.8 Å². The lowest BCUT2D eigenvalue weighted by Gasteiger charge is -2.02. The van der Waals surface area contributed by atoms with Crippen molar-refractivity contribution in [2.75, 3.05) is 6.26 Å². The summed E-state index contributed by atoms with van der Waals surface area (Å²) in [6, 6.07) is 16.2. The van der Waals surface area contributed by atoms with E-state index in [0.717, 1.165) is 10.5 Å². The molecule has 1 aliphatic rings. The van der Waals surface area contributed by atoms with Crippen LogP contribution in [0.25, 0.3) is 17.7 Å². The van der Waals surface area contributed by atoms with E-state index in [1.165, 1.54) is 16.7 Å². The maximum Gasteiger partial charge on any atom is 0.0498 e. The minimum absolute atomic E-state index is 0.865. The Balaban J connectivity index is 1.95. The van der Waals surface area contributed by atoms with Crippen molar-refractivity contribution in [3.8, 4) is 0 Å². The van der Waals surface area contributed by atoms with Crippen LogP contribution in [0.2, 0.25) is 0 Å². The molecule has 0 radical (unpaired) electrons. The summed E-state index contributed by atoms with van der Waals surface area (Å²) in [5.41, 5.74) is 4.89. The summed E-state index contributed by atoms with van der Waals surface area (Å²) in [5, 5.41) is 0. The van der Waals surface area contributed by atoms with Crippen molar-refractivity contribution in [2.45, 2.75) is 4.90 Å². The number of benzene rings is 2. The van der Waals surface area contributed by atoms with Crippen LogP contribution >= 0.6 is 0 Å². The minimum atomic E-state index is -0.912. The Morgan fingerprint density at radius 2 is 1.68 bits per heavy atom. The summed E-state index contributed by atoms with van der Waals surface area (Å²) in [4.78, 5) is 0.865. The summed E-state index contributed by atoms with van der Waals surface area (Å²) < 4.78 is 11.3. The Hall–Kier alpha value is -1.93. The van der Waals surface area contributed by atoms with Gasteiger partial charge in [-0.15, -0.1) is 0 Å². The van der Waals surface area contributed by atoms with E-state index >= 15 is 0 Å². The lowest BCUT2D eigenvalue weighted by atomic mass is 10.0. The zero-order valence-electron chi connectivity index (χ0n) is 10.7. The van der Waals surface area contributed by atoms with Crippen LogP contribution in [0, 0.1) is 0 Å². The molecule has 0 heterocycles. The van der Waals surface area contributed by atoms with Crippen molar-refractivity contribution < 1.29 is 4.21 Å². The summed E-state index contributed by atoms with van der Waals surface area (Å²) in [6.45, 7) is 0. The van der Waals surface area contributed by atoms with Crippen LogP contribution in [0.3, 0.4) is 0 Å². The van der Waals surface area contributed by atoms with Crippen LogP contribution in [0.15, 0.2) is 59.5 Å². The molecule has 0 unspecified atom stereocenters. The first-order chi connectivity index (χ1) is 9.24. The van der Waals surface area contributed by atoms with E-state index in [-0.39, 0.29) is 0 Å². The topological polar surface area (TPSA) is 17.1 Å². The fraction of sp³-hybridized carbons (Fsp3) is 0.0588. The molecule has 0 N–H and O–H groups in total. The molecule has 0 bridgehead atoms. The van der Waals surface area contributed by atoms with Crippen molar-refractivity contribution in [1.29, 1.82) is 0 Å². The van der Waals surface area contributed by atoms with Gasteiger partial charge in [0, 0.05) is 22.0 Å². The number of hydrogen-bond acceptors (Lipinski definition) is 1. The van der Waals surface area contributed by atoms with Gasteiger partial charge in [-0.25, -0.2) is 0 Å². The summed E-state index contributed by atoms with van der Waals surface area (Å²) in [6.07, 6.45) is 8.13. The SMILES string of the molecule is C[S@](=O)c1ccc(/C=C2\C=Cc3ccccc32)cc1. The van der Waals surface area contributed by atoms with E-state index in [1.807, 2.05) is 24.3 Å². The molecule has 1 nitrogen and oxygen atoms in total. The predicted molar refractivity (Wildman–Crippen MR) is 82.1 cm³/mol. The average Bonchev–Trinajstić information content (AvgIpc) is 2.83. The summed E-state index contributed by atoms with van der Waals surface area (Å²) >= 11 is 0. The fourth-order valence-corrected chi connectivity index (χ4v) is 2.76. The van der Waals surface area contributed by atoms with Crippen molar-refractivity contribution in [2.24, 2.45) is 0 Å². The van der Waals surface area contributed by atoms with Crippen molar-refractivity contribution >= 4 is 28.5 Å². The molecule has 0 spiro atoms. The van der Waals surface area contributed by atoms with Gasteiger partial charge in [0.15, 0.2) is 0 Å². The predicted octanol–water partition coefficient (Wildman–Crippen LogP) is 3.99. The largest absolute Gasteiger partial charge is 0.255 e. The van der Waals surface area contributed by atoms with Gasteiger partial charge < -0.3 is 0 Å². The first kappa shape index (κ1) is 12.1. The number of hydrogen-bond donors (Lipinski definition) is 0. The van der Waals surface area contributed by atoms with E-state index in [9.17, 15) is 4.21 Å². The molecular weight excluding hydrogens is 252 g/mol. The monoisotopic (exact) mass is 266 g/mol. The maximum atomic E-state index is 11.3. The lowest BCUT2D eigenvalue weighted by Crippen LogP contribution is -1.86. The normalized spacial score (nSPS) is 16.6. The van der Waals surface area contributed by atoms with Crippen LogP contribution < -0.4 is 0 Å². The molecule has 1 atom stereocenters. The highest BCUT2D eigenvalue weighted by molar-refractivity contribution is 7.84. The maximum absolute atomic E-state index is 11.3. The third-order valence-corrected chi connectivity index (χ3v) is 4.18. The molecular formula is C17H14OS. The summed E-state index contributed by atoms with van der Waals surface area (Å²) in [5.74, 6) is 0. The lowest BCUT2D eigenvalue weighted by molar-refractivity contribution is 0.687. The molecule has 0 fully saturated rings. The van der Waals surface area contributed by atoms with Crippen LogP contribution in [0.4, 0.5) is 0 Å². The molecule has 0 aromatic heterocycles. The van der Waals surface area contributed by atoms with E-state index in [4.69, 9.17) is 0 Å². The highest BCUT2D eigenvalue weighted by Crippen LogP contribution is 2.30. The number of fused-ring (bicyclic) bond motifs is 1. The average molecular weight is 266 g/mol. The Bertz CT molecular complexity index is 693. The zero-order valence-corrected chi connectivity index (χ0v) is 11.5. The van der Waals surface area contributed by atoms with Crippen LogP contribution in [-0.2, 0) is 10.8 Å². The highest BCUT2D eigenvalue weighted by atomic mass is 32.2. The van der Waals surface area contributed by atoms with Gasteiger partial charge in [-0.2, -0.15) is 0 Å². The Labute approximate surface area is 115 Å². The second-order valence-corrected chi connectivity index (χ2v) is 5.92. The van der Waals surface area contributed by atoms with E-state index in [0.29, 0.717) is 0 Å². The molecule has 2 aromatic rings. The van der Waals surface area contributed by atoms with Crippen LogP contribution in [-0.4, -0.2) is 10.5 Å². The molecule has 2 heteroatoms. The number of rotatable bonds is 2. The van der Waals surface area contributed by atoms with Crippen molar-refractivity contribution in [3.05, 3.63) is 71.3 Å². The van der Waals surface area contributed by atoms with E-state index in [1.54, 1.807) is 6.26 Å². The van der Waals surface area contributed by atoms with E-state index in [2.05, 4.69) is 42.5 Å². The van der Waals surface area contributed by atoms with Crippen molar-refractivity contribution in [3.63, 3.8) is 0 Å². The Kier molecular flexibility index (Phi) is 3.18. The molecule has 94 valence electrons. The smallest absolute Gasteiger partial charge is 0.0498 e. The van der Waals surface area contributed by atoms with Crippen molar-refractivity contribution in [1.82, 2.24) is 0 Å². The molecule has 0 aliphatic heterocycles. The van der Waals surface area contributed by atoms with Crippen LogP contribution in [0.1, 0.15) is 16.7 Å². The minimum Gasteiger partial charge on any atom is -0.255 e. The molecule has 0 amide bonds. The zero-order chi connectivity index (χ0) is 13.2. The van der Waals surface area contributed by atoms with Gasteiger partial charge in [0.05, 0.1) is 0 Å². The molecule has 2 aromatic carbocycles. The Morgan fingerprint density at radius 3 is 2.42 bits per heavy atom. The highest BCUT2D eigenvalue weighted by Gasteiger charge is 2.08.